The summed E-state index contributed by atoms with van der Waals surface area (Å²) in [4.78, 5) is 9.87. The summed E-state index contributed by atoms with van der Waals surface area (Å²) in [5, 5.41) is 29.9. The first kappa shape index (κ1) is 13.5. The van der Waals surface area contributed by atoms with Crippen LogP contribution in [0.1, 0.15) is 18.1 Å². The zero-order chi connectivity index (χ0) is 13.0. The zero-order valence-corrected chi connectivity index (χ0v) is 8.91. The quantitative estimate of drug-likeness (QED) is 0.515. The molecule has 0 fully saturated rings. The van der Waals surface area contributed by atoms with Gasteiger partial charge in [0.25, 0.3) is 5.69 Å². The number of benzene rings is 1. The second kappa shape index (κ2) is 5.67. The van der Waals surface area contributed by atoms with E-state index in [4.69, 9.17) is 5.73 Å². The molecule has 94 valence electrons. The van der Waals surface area contributed by atoms with Gasteiger partial charge in [-0.25, -0.2) is 4.39 Å². The molecule has 4 N–H and O–H groups in total. The van der Waals surface area contributed by atoms with E-state index in [0.29, 0.717) is 6.07 Å². The fraction of sp³-hybridized carbons (Fsp3) is 0.400. The maximum atomic E-state index is 12.9. The summed E-state index contributed by atoms with van der Waals surface area (Å²) < 4.78 is 12.9. The molecule has 1 aromatic carbocycles. The third-order valence-electron chi connectivity index (χ3n) is 2.33. The number of nitrogens with zero attached hydrogens (tertiary/aromatic N) is 1. The number of nitro benzene ring substituents is 1. The number of halogens is 1. The zero-order valence-electron chi connectivity index (χ0n) is 8.91. The Morgan fingerprint density at radius 1 is 1.47 bits per heavy atom. The molecule has 0 aromatic heterocycles. The van der Waals surface area contributed by atoms with Gasteiger partial charge in [-0.1, -0.05) is 0 Å². The predicted molar refractivity (Wildman–Crippen MR) is 57.7 cm³/mol. The van der Waals surface area contributed by atoms with E-state index in [0.717, 1.165) is 12.1 Å². The van der Waals surface area contributed by atoms with Crippen LogP contribution in [0.4, 0.5) is 10.1 Å². The van der Waals surface area contributed by atoms with Crippen LogP contribution in [-0.4, -0.2) is 27.8 Å². The molecule has 0 aliphatic heterocycles. The van der Waals surface area contributed by atoms with Crippen molar-refractivity contribution in [2.24, 2.45) is 5.73 Å². The number of rotatable bonds is 5. The fourth-order valence-corrected chi connectivity index (χ4v) is 1.46. The van der Waals surface area contributed by atoms with Crippen LogP contribution in [0.2, 0.25) is 0 Å². The Hall–Kier alpha value is -1.57. The molecule has 17 heavy (non-hydrogen) atoms. The molecule has 0 radical (unpaired) electrons. The van der Waals surface area contributed by atoms with E-state index in [1.54, 1.807) is 0 Å². The summed E-state index contributed by atoms with van der Waals surface area (Å²) in [5.41, 5.74) is 4.51. The summed E-state index contributed by atoms with van der Waals surface area (Å²) in [5.74, 6) is -0.777. The van der Waals surface area contributed by atoms with Gasteiger partial charge in [-0.3, -0.25) is 10.1 Å². The van der Waals surface area contributed by atoms with Crippen LogP contribution in [-0.2, 0) is 0 Å². The third kappa shape index (κ3) is 3.19. The van der Waals surface area contributed by atoms with Crippen molar-refractivity contribution in [1.29, 1.82) is 0 Å². The highest BCUT2D eigenvalue weighted by molar-refractivity contribution is 5.42. The third-order valence-corrected chi connectivity index (χ3v) is 2.33. The second-order valence-corrected chi connectivity index (χ2v) is 3.55. The molecule has 0 spiro atoms. The Labute approximate surface area is 96.6 Å². The second-order valence-electron chi connectivity index (χ2n) is 3.55. The summed E-state index contributed by atoms with van der Waals surface area (Å²) in [6.45, 7) is 0.132. The molecule has 2 unspecified atom stereocenters. The molecule has 1 aromatic rings. The monoisotopic (exact) mass is 244 g/mol. The highest BCUT2D eigenvalue weighted by Crippen LogP contribution is 2.28. The molecule has 0 saturated heterocycles. The van der Waals surface area contributed by atoms with Crippen LogP contribution in [0.5, 0.6) is 0 Å². The molecule has 2 atom stereocenters. The minimum atomic E-state index is -1.46. The van der Waals surface area contributed by atoms with Gasteiger partial charge in [-0.05, 0) is 25.1 Å². The van der Waals surface area contributed by atoms with Crippen molar-refractivity contribution in [2.75, 3.05) is 6.54 Å². The number of nitrogens with two attached hydrogens (primary N) is 1. The van der Waals surface area contributed by atoms with Gasteiger partial charge in [-0.2, -0.15) is 0 Å². The van der Waals surface area contributed by atoms with Crippen molar-refractivity contribution < 1.29 is 19.5 Å². The van der Waals surface area contributed by atoms with Crippen molar-refractivity contribution in [3.8, 4) is 0 Å². The fourth-order valence-electron chi connectivity index (χ4n) is 1.46. The highest BCUT2D eigenvalue weighted by atomic mass is 19.1. The topological polar surface area (TPSA) is 110 Å². The Morgan fingerprint density at radius 2 is 2.12 bits per heavy atom. The van der Waals surface area contributed by atoms with Crippen LogP contribution >= 0.6 is 0 Å². The molecule has 7 heteroatoms. The van der Waals surface area contributed by atoms with Gasteiger partial charge in [0.15, 0.2) is 0 Å². The van der Waals surface area contributed by atoms with Gasteiger partial charge >= 0.3 is 0 Å². The van der Waals surface area contributed by atoms with Crippen molar-refractivity contribution in [3.05, 3.63) is 39.7 Å². The molecule has 0 aliphatic rings. The molecular formula is C10H13FN2O4. The standard InChI is InChI=1S/C10H13FN2O4/c11-6-1-2-7(8(5-6)13(16)17)10(15)9(14)3-4-12/h1-2,5,9-10,14-15H,3-4,12H2. The Kier molecular flexibility index (Phi) is 4.50. The van der Waals surface area contributed by atoms with Gasteiger partial charge in [0, 0.05) is 0 Å². The van der Waals surface area contributed by atoms with E-state index in [9.17, 15) is 24.7 Å². The maximum Gasteiger partial charge on any atom is 0.278 e. The number of hydrogen-bond acceptors (Lipinski definition) is 5. The van der Waals surface area contributed by atoms with E-state index in [1.165, 1.54) is 0 Å². The van der Waals surface area contributed by atoms with Gasteiger partial charge in [0.05, 0.1) is 22.7 Å². The van der Waals surface area contributed by atoms with E-state index < -0.39 is 28.6 Å². The van der Waals surface area contributed by atoms with Crippen molar-refractivity contribution >= 4 is 5.69 Å². The normalized spacial score (nSPS) is 14.4. The molecule has 0 saturated carbocycles. The molecule has 0 bridgehead atoms. The lowest BCUT2D eigenvalue weighted by Gasteiger charge is -2.17. The van der Waals surface area contributed by atoms with Gasteiger partial charge in [0.1, 0.15) is 11.9 Å². The number of aliphatic hydroxyl groups excluding tert-OH is 2. The predicted octanol–water partition coefficient (Wildman–Crippen LogP) is 0.477. The lowest BCUT2D eigenvalue weighted by molar-refractivity contribution is -0.386. The average Bonchev–Trinajstić information content (AvgIpc) is 2.28. The van der Waals surface area contributed by atoms with Gasteiger partial charge in [-0.15, -0.1) is 0 Å². The smallest absolute Gasteiger partial charge is 0.278 e. The van der Waals surface area contributed by atoms with Crippen LogP contribution in [0, 0.1) is 15.9 Å². The van der Waals surface area contributed by atoms with E-state index >= 15 is 0 Å². The highest BCUT2D eigenvalue weighted by Gasteiger charge is 2.26. The van der Waals surface area contributed by atoms with Crippen LogP contribution < -0.4 is 5.73 Å². The summed E-state index contributed by atoms with van der Waals surface area (Å²) in [6.07, 6.45) is -2.58. The minimum absolute atomic E-state index is 0.0930. The summed E-state index contributed by atoms with van der Waals surface area (Å²) >= 11 is 0. The molecule has 0 heterocycles. The molecular weight excluding hydrogens is 231 g/mol. The maximum absolute atomic E-state index is 12.9. The first-order valence-electron chi connectivity index (χ1n) is 4.97. The van der Waals surface area contributed by atoms with Crippen LogP contribution in [0.3, 0.4) is 0 Å². The van der Waals surface area contributed by atoms with Crippen LogP contribution in [0.25, 0.3) is 0 Å². The number of nitro groups is 1. The van der Waals surface area contributed by atoms with Crippen molar-refractivity contribution in [2.45, 2.75) is 18.6 Å². The Morgan fingerprint density at radius 3 is 2.65 bits per heavy atom. The van der Waals surface area contributed by atoms with E-state index in [2.05, 4.69) is 0 Å². The minimum Gasteiger partial charge on any atom is -0.390 e. The lowest BCUT2D eigenvalue weighted by Crippen LogP contribution is -2.22. The SMILES string of the molecule is NCCC(O)C(O)c1ccc(F)cc1[N+](=O)[O-]. The van der Waals surface area contributed by atoms with Crippen LogP contribution in [0.15, 0.2) is 18.2 Å². The van der Waals surface area contributed by atoms with E-state index in [-0.39, 0.29) is 18.5 Å². The molecule has 0 aliphatic carbocycles. The number of hydrogen-bond donors (Lipinski definition) is 3. The van der Waals surface area contributed by atoms with E-state index in [1.807, 2.05) is 0 Å². The molecule has 1 rings (SSSR count). The first-order chi connectivity index (χ1) is 7.97. The van der Waals surface area contributed by atoms with Gasteiger partial charge in [0.2, 0.25) is 0 Å². The largest absolute Gasteiger partial charge is 0.390 e. The first-order valence-corrected chi connectivity index (χ1v) is 4.97. The lowest BCUT2D eigenvalue weighted by atomic mass is 10.0. The molecule has 6 nitrogen and oxygen atoms in total. The van der Waals surface area contributed by atoms with Crippen molar-refractivity contribution in [1.82, 2.24) is 0 Å². The molecule has 0 amide bonds. The van der Waals surface area contributed by atoms with Crippen molar-refractivity contribution in [3.63, 3.8) is 0 Å². The van der Waals surface area contributed by atoms with Gasteiger partial charge < -0.3 is 15.9 Å². The Bertz CT molecular complexity index is 413. The summed E-state index contributed by atoms with van der Waals surface area (Å²) in [6, 6.07) is 2.77. The summed E-state index contributed by atoms with van der Waals surface area (Å²) in [7, 11) is 0. The average molecular weight is 244 g/mol. The Balaban J connectivity index is 3.08. The number of aliphatic hydroxyl groups is 2.